The second kappa shape index (κ2) is 36.0. The molecule has 0 radical (unpaired) electrons. The number of unbranched alkanes of at least 4 members (excludes halogenated alkanes) is 28. The molecule has 2 amide bonds. The number of hydroxylamine groups is 2. The average molecular weight is 766 g/mol. The van der Waals surface area contributed by atoms with Gasteiger partial charge in [0.15, 0.2) is 6.10 Å². The molecule has 0 aromatic carbocycles. The minimum absolute atomic E-state index is 0.0407. The fraction of sp³-hybridized carbons (Fsp3) is 0.886. The number of esters is 2. The zero-order chi connectivity index (χ0) is 39.3. The van der Waals surface area contributed by atoms with E-state index in [1.54, 1.807) is 0 Å². The van der Waals surface area contributed by atoms with E-state index in [0.29, 0.717) is 11.5 Å². The predicted octanol–water partition coefficient (Wildman–Crippen LogP) is 12.2. The van der Waals surface area contributed by atoms with Crippen LogP contribution in [0.2, 0.25) is 0 Å². The van der Waals surface area contributed by atoms with Crippen molar-refractivity contribution in [2.45, 2.75) is 238 Å². The second-order valence-corrected chi connectivity index (χ2v) is 15.4. The summed E-state index contributed by atoms with van der Waals surface area (Å²) in [5, 5.41) is 0.386. The summed E-state index contributed by atoms with van der Waals surface area (Å²) in [6.07, 6.45) is 35.1. The van der Waals surface area contributed by atoms with Crippen LogP contribution in [-0.4, -0.2) is 54.3 Å². The first kappa shape index (κ1) is 49.4. The molecule has 0 saturated carbocycles. The van der Waals surface area contributed by atoms with Gasteiger partial charge in [-0.05, 0) is 12.8 Å². The van der Waals surface area contributed by atoms with Gasteiger partial charge in [-0.2, -0.15) is 0 Å². The van der Waals surface area contributed by atoms with Crippen LogP contribution in [0.5, 0.6) is 0 Å². The summed E-state index contributed by atoms with van der Waals surface area (Å²) in [5.74, 6) is -2.12. The van der Waals surface area contributed by atoms with Gasteiger partial charge in [0, 0.05) is 25.7 Å². The van der Waals surface area contributed by atoms with Crippen LogP contribution in [0.15, 0.2) is 0 Å². The molecular weight excluding hydrogens is 686 g/mol. The van der Waals surface area contributed by atoms with E-state index < -0.39 is 42.6 Å². The van der Waals surface area contributed by atoms with Gasteiger partial charge in [-0.15, -0.1) is 0 Å². The van der Waals surface area contributed by atoms with Crippen molar-refractivity contribution in [1.82, 2.24) is 5.06 Å². The topological polar surface area (TPSA) is 126 Å². The molecule has 54 heavy (non-hydrogen) atoms. The molecule has 1 atom stereocenters. The van der Waals surface area contributed by atoms with Gasteiger partial charge in [0.25, 0.3) is 11.8 Å². The summed E-state index contributed by atoms with van der Waals surface area (Å²) in [4.78, 5) is 65.5. The van der Waals surface area contributed by atoms with Crippen molar-refractivity contribution in [2.24, 2.45) is 0 Å². The Balaban J connectivity index is 2.24. The highest BCUT2D eigenvalue weighted by molar-refractivity contribution is 6.01. The van der Waals surface area contributed by atoms with Gasteiger partial charge < -0.3 is 14.2 Å². The minimum atomic E-state index is -1.27. The van der Waals surface area contributed by atoms with Crippen LogP contribution in [0, 0.1) is 0 Å². The Morgan fingerprint density at radius 1 is 0.463 bits per heavy atom. The summed E-state index contributed by atoms with van der Waals surface area (Å²) >= 11 is 0. The molecular formula is C44H79NO9. The number of nitrogens with zero attached hydrogens (tertiary/aromatic N) is 1. The van der Waals surface area contributed by atoms with Crippen molar-refractivity contribution in [2.75, 3.05) is 13.2 Å². The fourth-order valence-corrected chi connectivity index (χ4v) is 6.82. The van der Waals surface area contributed by atoms with E-state index in [-0.39, 0.29) is 32.3 Å². The van der Waals surface area contributed by atoms with Crippen LogP contribution in [-0.2, 0) is 38.2 Å². The molecule has 0 aromatic heterocycles. The zero-order valence-electron chi connectivity index (χ0n) is 34.7. The lowest BCUT2D eigenvalue weighted by Gasteiger charge is -2.19. The van der Waals surface area contributed by atoms with Gasteiger partial charge in [0.1, 0.15) is 13.2 Å². The maximum Gasteiger partial charge on any atom is 0.534 e. The highest BCUT2D eigenvalue weighted by atomic mass is 16.8. The number of hydrogen-bond acceptors (Lipinski definition) is 9. The Kier molecular flexibility index (Phi) is 32.9. The highest BCUT2D eigenvalue weighted by Crippen LogP contribution is 2.17. The normalized spacial score (nSPS) is 13.3. The SMILES string of the molecule is CCCCCCCCCCCCCCCCCC(=O)OCC(COC(=O)ON1C(=O)CCC1=O)OC(=O)CCCCCCCCCCCCCCCCC. The van der Waals surface area contributed by atoms with Crippen LogP contribution in [0.4, 0.5) is 4.79 Å². The molecule has 10 heteroatoms. The molecule has 1 saturated heterocycles. The molecule has 0 spiro atoms. The molecule has 1 heterocycles. The number of carbonyl (C=O) groups excluding carboxylic acids is 5. The molecule has 0 bridgehead atoms. The summed E-state index contributed by atoms with van der Waals surface area (Å²) in [7, 11) is 0. The number of amides is 2. The molecule has 314 valence electrons. The smallest absolute Gasteiger partial charge is 0.462 e. The van der Waals surface area contributed by atoms with Gasteiger partial charge in [0.05, 0.1) is 0 Å². The van der Waals surface area contributed by atoms with Crippen LogP contribution in [0.3, 0.4) is 0 Å². The maximum absolute atomic E-state index is 12.6. The quantitative estimate of drug-likeness (QED) is 0.0261. The molecule has 1 aliphatic rings. The summed E-state index contributed by atoms with van der Waals surface area (Å²) in [5.41, 5.74) is 0. The Hall–Kier alpha value is -2.65. The second-order valence-electron chi connectivity index (χ2n) is 15.4. The third-order valence-corrected chi connectivity index (χ3v) is 10.3. The highest BCUT2D eigenvalue weighted by Gasteiger charge is 2.33. The van der Waals surface area contributed by atoms with E-state index in [1.165, 1.54) is 148 Å². The Bertz CT molecular complexity index is 956. The van der Waals surface area contributed by atoms with Crippen molar-refractivity contribution in [3.8, 4) is 0 Å². The van der Waals surface area contributed by atoms with Gasteiger partial charge in [-0.25, -0.2) is 4.79 Å². The molecule has 1 fully saturated rings. The van der Waals surface area contributed by atoms with Gasteiger partial charge in [-0.3, -0.25) is 24.0 Å². The number of imide groups is 1. The first-order valence-electron chi connectivity index (χ1n) is 22.4. The summed E-state index contributed by atoms with van der Waals surface area (Å²) in [6, 6.07) is 0. The molecule has 0 N–H and O–H groups in total. The Morgan fingerprint density at radius 3 is 1.15 bits per heavy atom. The van der Waals surface area contributed by atoms with E-state index >= 15 is 0 Å². The lowest BCUT2D eigenvalue weighted by molar-refractivity contribution is -0.179. The zero-order valence-corrected chi connectivity index (χ0v) is 34.7. The molecule has 1 aliphatic heterocycles. The Labute approximate surface area is 328 Å². The minimum Gasteiger partial charge on any atom is -0.462 e. The van der Waals surface area contributed by atoms with Crippen molar-refractivity contribution in [3.05, 3.63) is 0 Å². The monoisotopic (exact) mass is 766 g/mol. The van der Waals surface area contributed by atoms with E-state index in [4.69, 9.17) is 19.0 Å². The van der Waals surface area contributed by atoms with E-state index in [1.807, 2.05) is 0 Å². The van der Waals surface area contributed by atoms with Gasteiger partial charge in [0.2, 0.25) is 0 Å². The first-order chi connectivity index (χ1) is 26.4. The Morgan fingerprint density at radius 2 is 0.778 bits per heavy atom. The lowest BCUT2D eigenvalue weighted by Crippen LogP contribution is -2.35. The van der Waals surface area contributed by atoms with Crippen LogP contribution >= 0.6 is 0 Å². The third-order valence-electron chi connectivity index (χ3n) is 10.3. The molecule has 0 aliphatic carbocycles. The van der Waals surface area contributed by atoms with Crippen molar-refractivity contribution in [1.29, 1.82) is 0 Å². The standard InChI is InChI=1S/C44H79NO9/c1-3-5-7-9-11-13-15-17-19-21-23-25-27-29-31-33-42(48)51-37-39(38-52-44(50)54-45-40(46)35-36-41(45)47)53-43(49)34-32-30-28-26-24-22-20-18-16-14-12-10-8-6-4-2/h39H,3-38H2,1-2H3. The number of carbonyl (C=O) groups is 5. The molecule has 1 unspecified atom stereocenters. The van der Waals surface area contributed by atoms with Crippen LogP contribution in [0.1, 0.15) is 232 Å². The third kappa shape index (κ3) is 29.7. The molecule has 1 rings (SSSR count). The first-order valence-corrected chi connectivity index (χ1v) is 22.4. The van der Waals surface area contributed by atoms with Crippen molar-refractivity contribution >= 4 is 29.9 Å². The summed E-state index contributed by atoms with van der Waals surface area (Å²) in [6.45, 7) is 3.80. The average Bonchev–Trinajstić information content (AvgIpc) is 3.47. The van der Waals surface area contributed by atoms with Gasteiger partial charge >= 0.3 is 18.1 Å². The van der Waals surface area contributed by atoms with E-state index in [0.717, 1.165) is 38.5 Å². The summed E-state index contributed by atoms with van der Waals surface area (Å²) < 4.78 is 15.9. The predicted molar refractivity (Wildman–Crippen MR) is 213 cm³/mol. The lowest BCUT2D eigenvalue weighted by atomic mass is 10.0. The number of ether oxygens (including phenoxy) is 3. The van der Waals surface area contributed by atoms with Crippen molar-refractivity contribution in [3.63, 3.8) is 0 Å². The van der Waals surface area contributed by atoms with Gasteiger partial charge in [-0.1, -0.05) is 199 Å². The van der Waals surface area contributed by atoms with Crippen LogP contribution < -0.4 is 0 Å². The van der Waals surface area contributed by atoms with Crippen molar-refractivity contribution < 1.29 is 43.0 Å². The van der Waals surface area contributed by atoms with E-state index in [2.05, 4.69) is 13.8 Å². The number of rotatable bonds is 38. The van der Waals surface area contributed by atoms with Crippen LogP contribution in [0.25, 0.3) is 0 Å². The number of hydrogen-bond donors (Lipinski definition) is 0. The fourth-order valence-electron chi connectivity index (χ4n) is 6.82. The largest absolute Gasteiger partial charge is 0.534 e. The molecule has 0 aromatic rings. The van der Waals surface area contributed by atoms with E-state index in [9.17, 15) is 24.0 Å². The maximum atomic E-state index is 12.6. The molecule has 10 nitrogen and oxygen atoms in total.